The monoisotopic (exact) mass is 511 g/mol. The van der Waals surface area contributed by atoms with Gasteiger partial charge in [-0.1, -0.05) is 109 Å². The Balaban J connectivity index is 1.40. The van der Waals surface area contributed by atoms with Gasteiger partial charge in [-0.3, -0.25) is 0 Å². The summed E-state index contributed by atoms with van der Waals surface area (Å²) < 4.78 is 12.6. The number of nitrogens with zero attached hydrogens (tertiary/aromatic N) is 3. The van der Waals surface area contributed by atoms with Crippen LogP contribution in [-0.2, 0) is 9.31 Å². The van der Waals surface area contributed by atoms with Crippen LogP contribution in [0.2, 0.25) is 0 Å². The van der Waals surface area contributed by atoms with Crippen LogP contribution < -0.4 is 5.72 Å². The Morgan fingerprint density at radius 2 is 0.769 bits per heavy atom. The average Bonchev–Trinajstić information content (AvgIpc) is 3.20. The molecule has 0 amide bonds. The zero-order valence-corrected chi connectivity index (χ0v) is 22.6. The Labute approximate surface area is 230 Å². The van der Waals surface area contributed by atoms with Gasteiger partial charge in [-0.05, 0) is 49.9 Å². The molecule has 0 radical (unpaired) electrons. The summed E-state index contributed by atoms with van der Waals surface area (Å²) in [5.41, 5.74) is 5.86. The van der Waals surface area contributed by atoms with Crippen molar-refractivity contribution in [2.45, 2.75) is 38.9 Å². The molecule has 0 saturated carbocycles. The first-order valence-corrected chi connectivity index (χ1v) is 13.2. The van der Waals surface area contributed by atoms with E-state index in [9.17, 15) is 0 Å². The minimum absolute atomic E-state index is 0.466. The van der Waals surface area contributed by atoms with Crippen molar-refractivity contribution in [3.8, 4) is 45.0 Å². The molecule has 192 valence electrons. The molecule has 1 aliphatic heterocycles. The molecule has 0 N–H and O–H groups in total. The van der Waals surface area contributed by atoms with Gasteiger partial charge >= 0.3 is 7.12 Å². The van der Waals surface area contributed by atoms with Crippen molar-refractivity contribution < 1.29 is 9.31 Å². The van der Waals surface area contributed by atoms with Crippen LogP contribution in [0, 0.1) is 0 Å². The van der Waals surface area contributed by atoms with Crippen molar-refractivity contribution in [2.75, 3.05) is 0 Å². The quantitative estimate of drug-likeness (QED) is 0.242. The van der Waals surface area contributed by atoms with Crippen LogP contribution >= 0.6 is 0 Å². The fourth-order valence-electron chi connectivity index (χ4n) is 4.59. The molecule has 0 unspecified atom stereocenters. The molecule has 39 heavy (non-hydrogen) atoms. The zero-order valence-electron chi connectivity index (χ0n) is 22.6. The highest BCUT2D eigenvalue weighted by Gasteiger charge is 2.53. The van der Waals surface area contributed by atoms with Gasteiger partial charge in [0.1, 0.15) is 0 Å². The van der Waals surface area contributed by atoms with Gasteiger partial charge in [0, 0.05) is 11.1 Å². The van der Waals surface area contributed by atoms with E-state index in [-0.39, 0.29) is 0 Å². The third kappa shape index (κ3) is 5.01. The highest BCUT2D eigenvalue weighted by Crippen LogP contribution is 2.36. The lowest BCUT2D eigenvalue weighted by Gasteiger charge is -2.32. The van der Waals surface area contributed by atoms with Crippen LogP contribution in [0.4, 0.5) is 0 Å². The van der Waals surface area contributed by atoms with E-state index >= 15 is 0 Å². The summed E-state index contributed by atoms with van der Waals surface area (Å²) in [5, 5.41) is 0. The molecule has 6 heteroatoms. The van der Waals surface area contributed by atoms with E-state index in [1.54, 1.807) is 0 Å². The molecular formula is C33H30BN3O2. The smallest absolute Gasteiger partial charge is 0.397 e. The SMILES string of the molecule is CC1(C)OB(c2nc(-c3ccc(-c4ccccc4)cc3)nc(-c3ccc(-c4ccccc4)cc3)n2)OC1(C)C. The second-order valence-electron chi connectivity index (χ2n) is 10.8. The van der Waals surface area contributed by atoms with Crippen LogP contribution in [0.15, 0.2) is 109 Å². The molecule has 5 aromatic rings. The lowest BCUT2D eigenvalue weighted by atomic mass is 9.89. The Bertz CT molecular complexity index is 1470. The van der Waals surface area contributed by atoms with Crippen molar-refractivity contribution in [3.63, 3.8) is 0 Å². The summed E-state index contributed by atoms with van der Waals surface area (Å²) in [6.07, 6.45) is 0. The third-order valence-corrected chi connectivity index (χ3v) is 7.62. The fourth-order valence-corrected chi connectivity index (χ4v) is 4.59. The summed E-state index contributed by atoms with van der Waals surface area (Å²) >= 11 is 0. The minimum atomic E-state index is -0.692. The number of hydrogen-bond acceptors (Lipinski definition) is 5. The lowest BCUT2D eigenvalue weighted by molar-refractivity contribution is 0.00578. The third-order valence-electron chi connectivity index (χ3n) is 7.62. The van der Waals surface area contributed by atoms with E-state index in [1.807, 2.05) is 88.4 Å². The Morgan fingerprint density at radius 1 is 0.436 bits per heavy atom. The molecular weight excluding hydrogens is 481 g/mol. The second kappa shape index (κ2) is 9.88. The molecule has 1 aromatic heterocycles. The normalized spacial score (nSPS) is 15.8. The summed E-state index contributed by atoms with van der Waals surface area (Å²) in [4.78, 5) is 14.6. The maximum Gasteiger partial charge on any atom is 0.534 e. The molecule has 1 saturated heterocycles. The molecule has 0 atom stereocenters. The predicted molar refractivity (Wildman–Crippen MR) is 157 cm³/mol. The summed E-state index contributed by atoms with van der Waals surface area (Å²) in [5.74, 6) is 1.16. The van der Waals surface area contributed by atoms with E-state index in [4.69, 9.17) is 24.3 Å². The maximum atomic E-state index is 6.31. The number of benzene rings is 4. The Kier molecular flexibility index (Phi) is 6.38. The molecule has 4 aromatic carbocycles. The highest BCUT2D eigenvalue weighted by atomic mass is 16.7. The van der Waals surface area contributed by atoms with Crippen molar-refractivity contribution in [1.29, 1.82) is 0 Å². The maximum absolute atomic E-state index is 6.31. The molecule has 0 bridgehead atoms. The van der Waals surface area contributed by atoms with Crippen molar-refractivity contribution in [1.82, 2.24) is 15.0 Å². The van der Waals surface area contributed by atoms with E-state index in [1.165, 1.54) is 0 Å². The van der Waals surface area contributed by atoms with Crippen molar-refractivity contribution in [3.05, 3.63) is 109 Å². The molecule has 6 rings (SSSR count). The van der Waals surface area contributed by atoms with Crippen LogP contribution in [0.3, 0.4) is 0 Å². The standard InChI is InChI=1S/C33H30BN3O2/c1-32(2)33(3,4)39-34(38-32)31-36-29(27-19-15-25(16-20-27)23-11-7-5-8-12-23)35-30(37-31)28-21-17-26(18-22-28)24-13-9-6-10-14-24/h5-22H,1-4H3. The average molecular weight is 511 g/mol. The number of aromatic nitrogens is 3. The van der Waals surface area contributed by atoms with Gasteiger partial charge in [-0.25, -0.2) is 15.0 Å². The second-order valence-corrected chi connectivity index (χ2v) is 10.8. The Morgan fingerprint density at radius 3 is 1.15 bits per heavy atom. The van der Waals surface area contributed by atoms with Crippen LogP contribution in [0.1, 0.15) is 27.7 Å². The molecule has 1 fully saturated rings. The van der Waals surface area contributed by atoms with Gasteiger partial charge in [0.15, 0.2) is 17.4 Å². The summed E-state index contributed by atoms with van der Waals surface area (Å²) in [6, 6.07) is 37.2. The number of hydrogen-bond donors (Lipinski definition) is 0. The molecule has 0 spiro atoms. The van der Waals surface area contributed by atoms with Gasteiger partial charge in [0.05, 0.1) is 11.2 Å². The van der Waals surface area contributed by atoms with E-state index in [0.717, 1.165) is 33.4 Å². The van der Waals surface area contributed by atoms with Gasteiger partial charge in [0.25, 0.3) is 0 Å². The van der Waals surface area contributed by atoms with E-state index < -0.39 is 18.3 Å². The molecule has 2 heterocycles. The lowest BCUT2D eigenvalue weighted by Crippen LogP contribution is -2.41. The highest BCUT2D eigenvalue weighted by molar-refractivity contribution is 6.60. The van der Waals surface area contributed by atoms with E-state index in [0.29, 0.717) is 17.4 Å². The first-order valence-electron chi connectivity index (χ1n) is 13.2. The summed E-state index contributed by atoms with van der Waals surface area (Å²) in [6.45, 7) is 8.11. The van der Waals surface area contributed by atoms with Gasteiger partial charge in [-0.15, -0.1) is 0 Å². The van der Waals surface area contributed by atoms with Gasteiger partial charge < -0.3 is 9.31 Å². The largest absolute Gasteiger partial charge is 0.534 e. The van der Waals surface area contributed by atoms with Crippen LogP contribution in [0.25, 0.3) is 45.0 Å². The van der Waals surface area contributed by atoms with E-state index in [2.05, 4.69) is 48.5 Å². The van der Waals surface area contributed by atoms with Crippen LogP contribution in [-0.4, -0.2) is 33.3 Å². The molecule has 1 aliphatic rings. The Hall–Kier alpha value is -4.13. The predicted octanol–water partition coefficient (Wildman–Crippen LogP) is 6.84. The first-order chi connectivity index (χ1) is 18.8. The first kappa shape index (κ1) is 25.2. The minimum Gasteiger partial charge on any atom is -0.397 e. The summed E-state index contributed by atoms with van der Waals surface area (Å²) in [7, 11) is -0.692. The fraction of sp³-hybridized carbons (Fsp3) is 0.182. The molecule has 0 aliphatic carbocycles. The van der Waals surface area contributed by atoms with Crippen LogP contribution in [0.5, 0.6) is 0 Å². The molecule has 5 nitrogen and oxygen atoms in total. The van der Waals surface area contributed by atoms with Crippen molar-refractivity contribution in [2.24, 2.45) is 0 Å². The van der Waals surface area contributed by atoms with Gasteiger partial charge in [0.2, 0.25) is 0 Å². The zero-order chi connectivity index (χ0) is 27.0. The van der Waals surface area contributed by atoms with Gasteiger partial charge in [-0.2, -0.15) is 0 Å². The van der Waals surface area contributed by atoms with Crippen molar-refractivity contribution >= 4 is 12.8 Å². The topological polar surface area (TPSA) is 57.1 Å². The number of rotatable bonds is 5.